The van der Waals surface area contributed by atoms with E-state index in [0.29, 0.717) is 17.7 Å². The van der Waals surface area contributed by atoms with Gasteiger partial charge < -0.3 is 4.57 Å². The van der Waals surface area contributed by atoms with E-state index < -0.39 is 0 Å². The number of fused-ring (bicyclic) bond motifs is 1. The second kappa shape index (κ2) is 8.80. The largest absolute Gasteiger partial charge is 0.315 e. The Bertz CT molecular complexity index is 828. The Morgan fingerprint density at radius 3 is 2.07 bits per heavy atom. The summed E-state index contributed by atoms with van der Waals surface area (Å²) < 4.78 is 4.31. The molecule has 0 spiro atoms. The fraction of sp³-hybridized carbons (Fsp3) is 0.731. The minimum absolute atomic E-state index is 0.569. The molecule has 0 atom stereocenters. The number of amidine groups is 1. The van der Waals surface area contributed by atoms with Gasteiger partial charge in [0.2, 0.25) is 12.2 Å². The molecule has 0 unspecified atom stereocenters. The highest BCUT2D eigenvalue weighted by Gasteiger charge is 2.39. The van der Waals surface area contributed by atoms with Gasteiger partial charge in [-0.2, -0.15) is 5.41 Å². The van der Waals surface area contributed by atoms with Gasteiger partial charge in [-0.3, -0.25) is 0 Å². The number of rotatable bonds is 4. The van der Waals surface area contributed by atoms with Gasteiger partial charge in [-0.15, -0.1) is 0 Å². The highest BCUT2D eigenvalue weighted by atomic mass is 15.2. The first-order valence-electron chi connectivity index (χ1n) is 12.7. The van der Waals surface area contributed by atoms with Crippen LogP contribution in [0.1, 0.15) is 125 Å². The lowest BCUT2D eigenvalue weighted by Gasteiger charge is -2.30. The maximum absolute atomic E-state index is 8.94. The van der Waals surface area contributed by atoms with Gasteiger partial charge in [-0.25, -0.2) is 4.58 Å². The van der Waals surface area contributed by atoms with Crippen molar-refractivity contribution in [3.63, 3.8) is 0 Å². The van der Waals surface area contributed by atoms with E-state index in [-0.39, 0.29) is 0 Å². The maximum Gasteiger partial charge on any atom is 0.271 e. The summed E-state index contributed by atoms with van der Waals surface area (Å²) in [6, 6.07) is 0. The molecule has 2 heterocycles. The van der Waals surface area contributed by atoms with Crippen molar-refractivity contribution in [2.24, 2.45) is 10.9 Å². The summed E-state index contributed by atoms with van der Waals surface area (Å²) in [6.45, 7) is 5.19. The van der Waals surface area contributed by atoms with Crippen LogP contribution in [0.3, 0.4) is 0 Å². The Hall–Kier alpha value is -1.71. The van der Waals surface area contributed by atoms with E-state index in [4.69, 9.17) is 10.4 Å². The van der Waals surface area contributed by atoms with Gasteiger partial charge in [0.1, 0.15) is 5.56 Å². The summed E-state index contributed by atoms with van der Waals surface area (Å²) in [6.07, 6.45) is 22.0. The van der Waals surface area contributed by atoms with Crippen molar-refractivity contribution < 1.29 is 4.58 Å². The van der Waals surface area contributed by atoms with E-state index in [2.05, 4.69) is 11.3 Å². The molecule has 1 aromatic rings. The van der Waals surface area contributed by atoms with Crippen LogP contribution in [0.15, 0.2) is 4.99 Å². The molecule has 5 rings (SSSR count). The zero-order valence-corrected chi connectivity index (χ0v) is 18.7. The van der Waals surface area contributed by atoms with Crippen LogP contribution >= 0.6 is 0 Å². The predicted octanol–water partition coefficient (Wildman–Crippen LogP) is 6.88. The second-order valence-corrected chi connectivity index (χ2v) is 10.3. The summed E-state index contributed by atoms with van der Waals surface area (Å²) in [5, 5.41) is 8.94. The first kappa shape index (κ1) is 20.2. The molecule has 0 bridgehead atoms. The lowest BCUT2D eigenvalue weighted by atomic mass is 9.77. The molecule has 4 aliphatic rings. The number of aromatic nitrogens is 1. The highest BCUT2D eigenvalue weighted by molar-refractivity contribution is 6.03. The van der Waals surface area contributed by atoms with Crippen LogP contribution in [-0.2, 0) is 6.54 Å². The summed E-state index contributed by atoms with van der Waals surface area (Å²) in [7, 11) is 0. The molecule has 3 aliphatic carbocycles. The normalized spacial score (nSPS) is 24.4. The topological polar surface area (TPSA) is 44.1 Å². The average Bonchev–Trinajstić information content (AvgIpc) is 3.13. The zero-order valence-electron chi connectivity index (χ0n) is 18.7. The van der Waals surface area contributed by atoms with Gasteiger partial charge in [0.25, 0.3) is 5.84 Å². The van der Waals surface area contributed by atoms with E-state index in [1.807, 2.05) is 0 Å². The summed E-state index contributed by atoms with van der Waals surface area (Å²) in [5.74, 6) is 3.70. The molecule has 4 heteroatoms. The van der Waals surface area contributed by atoms with Crippen LogP contribution in [0.4, 0.5) is 5.82 Å². The predicted molar refractivity (Wildman–Crippen MR) is 125 cm³/mol. The fourth-order valence-corrected chi connectivity index (χ4v) is 6.77. The van der Waals surface area contributed by atoms with E-state index in [0.717, 1.165) is 23.8 Å². The second-order valence-electron chi connectivity index (χ2n) is 10.3. The van der Waals surface area contributed by atoms with E-state index in [1.54, 1.807) is 16.6 Å². The molecule has 162 valence electrons. The average molecular weight is 408 g/mol. The molecule has 0 saturated heterocycles. The van der Waals surface area contributed by atoms with Gasteiger partial charge in [0.15, 0.2) is 0 Å². The molecule has 3 saturated carbocycles. The maximum atomic E-state index is 8.94. The molecule has 1 N–H and O–H groups in total. The SMILES string of the molecule is C=[N+]1C=Nc2c(c(C3CCCCC3)c(C3CCCCC3)n2CC2CCCCC2)C1=N. The Morgan fingerprint density at radius 2 is 1.43 bits per heavy atom. The molecular weight excluding hydrogens is 368 g/mol. The van der Waals surface area contributed by atoms with Crippen molar-refractivity contribution in [3.8, 4) is 0 Å². The van der Waals surface area contributed by atoms with Gasteiger partial charge in [-0.1, -0.05) is 62.8 Å². The Balaban J connectivity index is 1.65. The summed E-state index contributed by atoms with van der Waals surface area (Å²) in [4.78, 5) is 4.92. The minimum atomic E-state index is 0.569. The van der Waals surface area contributed by atoms with Crippen molar-refractivity contribution in [1.82, 2.24) is 4.57 Å². The van der Waals surface area contributed by atoms with Crippen molar-refractivity contribution in [3.05, 3.63) is 16.8 Å². The molecule has 0 radical (unpaired) electrons. The first-order valence-corrected chi connectivity index (χ1v) is 12.7. The first-order chi connectivity index (χ1) is 14.7. The van der Waals surface area contributed by atoms with Crippen LogP contribution in [0.5, 0.6) is 0 Å². The van der Waals surface area contributed by atoms with Crippen LogP contribution in [0.25, 0.3) is 0 Å². The van der Waals surface area contributed by atoms with Gasteiger partial charge in [0.05, 0.1) is 0 Å². The number of aliphatic imine (C=N–C) groups is 1. The van der Waals surface area contributed by atoms with Crippen molar-refractivity contribution in [1.29, 1.82) is 5.41 Å². The Morgan fingerprint density at radius 1 is 0.867 bits per heavy atom. The highest BCUT2D eigenvalue weighted by Crippen LogP contribution is 2.48. The molecule has 1 aromatic heterocycles. The van der Waals surface area contributed by atoms with E-state index >= 15 is 0 Å². The molecule has 3 fully saturated rings. The smallest absolute Gasteiger partial charge is 0.271 e. The van der Waals surface area contributed by atoms with Crippen molar-refractivity contribution in [2.75, 3.05) is 0 Å². The van der Waals surface area contributed by atoms with Crippen LogP contribution in [0, 0.1) is 11.3 Å². The lowest BCUT2D eigenvalue weighted by molar-refractivity contribution is -0.246. The number of nitrogens with zero attached hydrogens (tertiary/aromatic N) is 3. The van der Waals surface area contributed by atoms with Gasteiger partial charge in [-0.05, 0) is 61.8 Å². The molecule has 4 nitrogen and oxygen atoms in total. The lowest BCUT2D eigenvalue weighted by Crippen LogP contribution is -2.23. The summed E-state index contributed by atoms with van der Waals surface area (Å²) in [5.41, 5.74) is 4.24. The third-order valence-corrected chi connectivity index (χ3v) is 8.33. The monoisotopic (exact) mass is 407 g/mol. The van der Waals surface area contributed by atoms with Gasteiger partial charge in [0, 0.05) is 19.0 Å². The molecule has 0 aromatic carbocycles. The number of hydrogen-bond donors (Lipinski definition) is 1. The fourth-order valence-electron chi connectivity index (χ4n) is 6.77. The third-order valence-electron chi connectivity index (χ3n) is 8.33. The third kappa shape index (κ3) is 3.71. The van der Waals surface area contributed by atoms with Crippen LogP contribution in [-0.4, -0.2) is 28.0 Å². The zero-order chi connectivity index (χ0) is 20.5. The molecule has 30 heavy (non-hydrogen) atoms. The van der Waals surface area contributed by atoms with Crippen LogP contribution < -0.4 is 0 Å². The summed E-state index contributed by atoms with van der Waals surface area (Å²) >= 11 is 0. The van der Waals surface area contributed by atoms with E-state index in [9.17, 15) is 0 Å². The number of nitrogens with one attached hydrogen (secondary N) is 1. The van der Waals surface area contributed by atoms with Crippen LogP contribution in [0.2, 0.25) is 0 Å². The standard InChI is InChI=1S/C26H39N4/c1-29-18-28-26-23(25(29)27)22(20-13-7-3-8-14-20)24(21-15-9-4-10-16-21)30(26)17-19-11-5-2-6-12-19/h18-21,27H,1-17H2/q+1. The molecule has 0 amide bonds. The van der Waals surface area contributed by atoms with E-state index in [1.165, 1.54) is 102 Å². The number of hydrogen-bond acceptors (Lipinski definition) is 2. The van der Waals surface area contributed by atoms with Gasteiger partial charge >= 0.3 is 0 Å². The molecule has 1 aliphatic heterocycles. The Kier molecular flexibility index (Phi) is 5.93. The minimum Gasteiger partial charge on any atom is -0.315 e. The van der Waals surface area contributed by atoms with Crippen molar-refractivity contribution >= 4 is 24.7 Å². The molecular formula is C26H39N4+. The van der Waals surface area contributed by atoms with Crippen molar-refractivity contribution in [2.45, 2.75) is 115 Å². The Labute approximate surface area is 182 Å². The quantitative estimate of drug-likeness (QED) is 0.529.